The fourth-order valence-electron chi connectivity index (χ4n) is 7.52. The van der Waals surface area contributed by atoms with Crippen LogP contribution in [-0.4, -0.2) is 79.6 Å². The maximum Gasteiger partial charge on any atom is 0.316 e. The Labute approximate surface area is 277 Å². The Morgan fingerprint density at radius 1 is 1.13 bits per heavy atom. The van der Waals surface area contributed by atoms with E-state index in [2.05, 4.69) is 73.7 Å². The Hall–Kier alpha value is -1.59. The third-order valence-electron chi connectivity index (χ3n) is 11.5. The molecule has 0 amide bonds. The number of fused-ring (bicyclic) bond motifs is 2. The molecule has 5 rings (SSSR count). The van der Waals surface area contributed by atoms with Crippen LogP contribution in [0.1, 0.15) is 87.0 Å². The first-order chi connectivity index (χ1) is 21.5. The van der Waals surface area contributed by atoms with E-state index in [-0.39, 0.29) is 36.4 Å². The average Bonchev–Trinajstić information content (AvgIpc) is 3.29. The van der Waals surface area contributed by atoms with Crippen LogP contribution in [0.5, 0.6) is 0 Å². The van der Waals surface area contributed by atoms with Crippen LogP contribution >= 0.6 is 0 Å². The van der Waals surface area contributed by atoms with Gasteiger partial charge in [0.15, 0.2) is 14.1 Å². The summed E-state index contributed by atoms with van der Waals surface area (Å²) in [5.74, 6) is -1.73. The number of hydrogen-bond acceptors (Lipinski definition) is 8. The molecule has 0 aromatic rings. The summed E-state index contributed by atoms with van der Waals surface area (Å²) in [6.07, 6.45) is 12.1. The summed E-state index contributed by atoms with van der Waals surface area (Å²) in [5, 5.41) is 23.2. The second-order valence-corrected chi connectivity index (χ2v) is 21.0. The highest BCUT2D eigenvalue weighted by molar-refractivity contribution is 6.74. The molecule has 0 aromatic carbocycles. The zero-order valence-corrected chi connectivity index (χ0v) is 30.5. The van der Waals surface area contributed by atoms with Gasteiger partial charge in [-0.05, 0) is 74.2 Å². The van der Waals surface area contributed by atoms with Gasteiger partial charge in [0, 0.05) is 19.3 Å². The molecule has 3 saturated heterocycles. The van der Waals surface area contributed by atoms with E-state index in [1.807, 2.05) is 12.2 Å². The minimum absolute atomic E-state index is 0.0302. The highest BCUT2D eigenvalue weighted by Crippen LogP contribution is 2.49. The fourth-order valence-corrected chi connectivity index (χ4v) is 8.78. The van der Waals surface area contributed by atoms with Crippen molar-refractivity contribution < 1.29 is 38.4 Å². The normalized spacial score (nSPS) is 43.9. The van der Waals surface area contributed by atoms with Gasteiger partial charge < -0.3 is 33.6 Å². The summed E-state index contributed by atoms with van der Waals surface area (Å²) in [6, 6.07) is 0. The highest BCUT2D eigenvalue weighted by Gasteiger charge is 2.62. The van der Waals surface area contributed by atoms with Gasteiger partial charge in [-0.1, -0.05) is 70.6 Å². The van der Waals surface area contributed by atoms with Crippen LogP contribution in [0.15, 0.2) is 47.1 Å². The van der Waals surface area contributed by atoms with E-state index in [4.69, 9.17) is 23.4 Å². The third-order valence-corrected chi connectivity index (χ3v) is 16.0. The van der Waals surface area contributed by atoms with Crippen molar-refractivity contribution in [3.63, 3.8) is 0 Å². The van der Waals surface area contributed by atoms with Gasteiger partial charge in [-0.2, -0.15) is 0 Å². The molecule has 0 aromatic heterocycles. The van der Waals surface area contributed by atoms with Gasteiger partial charge in [-0.25, -0.2) is 0 Å². The number of ether oxygens (including phenoxy) is 4. The summed E-state index contributed by atoms with van der Waals surface area (Å²) in [7, 11) is -2.37. The summed E-state index contributed by atoms with van der Waals surface area (Å²) < 4.78 is 32.8. The Morgan fingerprint density at radius 2 is 1.87 bits per heavy atom. The second kappa shape index (κ2) is 13.4. The first kappa shape index (κ1) is 35.7. The van der Waals surface area contributed by atoms with Gasteiger partial charge in [0.2, 0.25) is 0 Å². The molecule has 1 spiro atoms. The minimum Gasteiger partial charge on any atom is -0.462 e. The number of aliphatic hydroxyl groups is 2. The van der Waals surface area contributed by atoms with Crippen molar-refractivity contribution in [1.82, 2.24) is 0 Å². The van der Waals surface area contributed by atoms with Crippen LogP contribution in [0, 0.1) is 17.8 Å². The van der Waals surface area contributed by atoms with Crippen molar-refractivity contribution >= 4 is 14.3 Å². The molecular formula is C37H58O8Si. The molecule has 2 bridgehead atoms. The zero-order valence-electron chi connectivity index (χ0n) is 29.5. The summed E-state index contributed by atoms with van der Waals surface area (Å²) >= 11 is 0. The van der Waals surface area contributed by atoms with E-state index in [0.29, 0.717) is 36.3 Å². The quantitative estimate of drug-likeness (QED) is 0.200. The van der Waals surface area contributed by atoms with Crippen LogP contribution in [0.25, 0.3) is 0 Å². The van der Waals surface area contributed by atoms with Gasteiger partial charge >= 0.3 is 5.97 Å². The van der Waals surface area contributed by atoms with E-state index in [1.165, 1.54) is 5.57 Å². The molecule has 5 aliphatic rings. The second-order valence-electron chi connectivity index (χ2n) is 16.3. The van der Waals surface area contributed by atoms with E-state index >= 15 is 0 Å². The maximum atomic E-state index is 14.3. The molecule has 10 atom stereocenters. The molecule has 46 heavy (non-hydrogen) atoms. The van der Waals surface area contributed by atoms with Crippen LogP contribution in [0.4, 0.5) is 0 Å². The Kier molecular flexibility index (Phi) is 10.4. The van der Waals surface area contributed by atoms with Crippen LogP contribution in [0.2, 0.25) is 18.1 Å². The first-order valence-electron chi connectivity index (χ1n) is 17.4. The standard InChI is InChI=1S/C37H58O8Si/c1-23-11-10-12-28-22-41-33-32(45-46(8,9)35(5,6)7)27(21-38)18-31(37(28,33)40)34(39)42-30-19-29(14-13-24(2)17-23)44-36(20-30)16-15-25(3)26(4)43-36/h10-13,18,23,25-26,29-33,38,40H,14-17,19-22H2,1-9H3/b11-10+,24-13+,28-12+/t23-,25-,26+,29+,30-,31-,32+,33+,36-,37+/m0/s1. The topological polar surface area (TPSA) is 104 Å². The predicted octanol–water partition coefficient (Wildman–Crippen LogP) is 6.54. The molecule has 4 aliphatic heterocycles. The van der Waals surface area contributed by atoms with Crippen molar-refractivity contribution in [3.05, 3.63) is 47.1 Å². The lowest BCUT2D eigenvalue weighted by atomic mass is 9.70. The molecule has 9 heteroatoms. The van der Waals surface area contributed by atoms with Crippen LogP contribution in [0.3, 0.4) is 0 Å². The zero-order chi connectivity index (χ0) is 33.7. The van der Waals surface area contributed by atoms with Gasteiger partial charge in [0.25, 0.3) is 0 Å². The molecule has 3 fully saturated rings. The SMILES string of the molecule is C/C1=C\C[C@@H]2C[C@@H](C[C@]3(CC[C@H](C)[C@@H](C)O3)O2)OC(=O)[C@@H]2C=C(CO)[C@@H](O[Si](C)(C)C(C)(C)C)[C@H]3OC/C(=C\C=C\[C@H](C)C1)[C@]32O. The molecule has 1 aliphatic carbocycles. The highest BCUT2D eigenvalue weighted by atomic mass is 28.4. The van der Waals surface area contributed by atoms with Crippen LogP contribution in [-0.2, 0) is 28.2 Å². The van der Waals surface area contributed by atoms with Crippen molar-refractivity contribution in [2.45, 2.75) is 147 Å². The molecule has 0 unspecified atom stereocenters. The largest absolute Gasteiger partial charge is 0.462 e. The van der Waals surface area contributed by atoms with E-state index in [9.17, 15) is 15.0 Å². The number of carbonyl (C=O) groups excluding carboxylic acids is 1. The number of aliphatic hydroxyl groups excluding tert-OH is 1. The van der Waals surface area contributed by atoms with Crippen molar-refractivity contribution in [3.8, 4) is 0 Å². The van der Waals surface area contributed by atoms with Crippen LogP contribution < -0.4 is 0 Å². The molecule has 0 radical (unpaired) electrons. The molecule has 258 valence electrons. The first-order valence-corrected chi connectivity index (χ1v) is 20.3. The number of carbonyl (C=O) groups is 1. The van der Waals surface area contributed by atoms with Crippen molar-refractivity contribution in [1.29, 1.82) is 0 Å². The predicted molar refractivity (Wildman–Crippen MR) is 180 cm³/mol. The number of allylic oxidation sites excluding steroid dienone is 4. The van der Waals surface area contributed by atoms with Gasteiger partial charge in [-0.3, -0.25) is 4.79 Å². The van der Waals surface area contributed by atoms with Crippen molar-refractivity contribution in [2.75, 3.05) is 13.2 Å². The number of hydrogen-bond donors (Lipinski definition) is 2. The number of esters is 1. The van der Waals surface area contributed by atoms with Gasteiger partial charge in [0.05, 0.1) is 31.5 Å². The van der Waals surface area contributed by atoms with Gasteiger partial charge in [0.1, 0.15) is 23.7 Å². The molecule has 8 nitrogen and oxygen atoms in total. The Balaban J connectivity index is 1.56. The van der Waals surface area contributed by atoms with E-state index in [1.54, 1.807) is 6.08 Å². The monoisotopic (exact) mass is 658 g/mol. The summed E-state index contributed by atoms with van der Waals surface area (Å²) in [6.45, 7) is 19.2. The van der Waals surface area contributed by atoms with E-state index < -0.39 is 49.9 Å². The molecular weight excluding hydrogens is 600 g/mol. The Morgan fingerprint density at radius 3 is 2.54 bits per heavy atom. The molecule has 0 saturated carbocycles. The third kappa shape index (κ3) is 7.07. The lowest BCUT2D eigenvalue weighted by molar-refractivity contribution is -0.332. The van der Waals surface area contributed by atoms with E-state index in [0.717, 1.165) is 19.3 Å². The lowest BCUT2D eigenvalue weighted by Crippen LogP contribution is -2.61. The summed E-state index contributed by atoms with van der Waals surface area (Å²) in [4.78, 5) is 14.3. The summed E-state index contributed by atoms with van der Waals surface area (Å²) in [5.41, 5.74) is 0.736. The van der Waals surface area contributed by atoms with Crippen molar-refractivity contribution in [2.24, 2.45) is 17.8 Å². The van der Waals surface area contributed by atoms with Gasteiger partial charge in [-0.15, -0.1) is 0 Å². The Bertz CT molecular complexity index is 1260. The number of rotatable bonds is 3. The lowest BCUT2D eigenvalue weighted by Gasteiger charge is -2.49. The average molecular weight is 659 g/mol. The molecule has 4 heterocycles. The molecule has 2 N–H and O–H groups in total. The smallest absolute Gasteiger partial charge is 0.316 e. The fraction of sp³-hybridized carbons (Fsp3) is 0.757. The maximum absolute atomic E-state index is 14.3. The minimum atomic E-state index is -2.37.